The molecule has 0 spiro atoms. The molecule has 1 fully saturated rings. The number of carbonyl (C=O) groups is 1. The molecule has 1 aliphatic heterocycles. The number of hydrogen-bond donors (Lipinski definition) is 2. The van der Waals surface area contributed by atoms with Gasteiger partial charge in [0.05, 0.1) is 0 Å². The first kappa shape index (κ1) is 15.2. The fourth-order valence-corrected chi connectivity index (χ4v) is 3.04. The maximum Gasteiger partial charge on any atom is 0.225 e. The molecule has 0 unspecified atom stereocenters. The van der Waals surface area contributed by atoms with Crippen molar-refractivity contribution in [2.24, 2.45) is 0 Å². The van der Waals surface area contributed by atoms with Crippen LogP contribution in [0, 0.1) is 0 Å². The third-order valence-electron chi connectivity index (χ3n) is 4.22. The lowest BCUT2D eigenvalue weighted by atomic mass is 9.95. The monoisotopic (exact) mass is 304 g/mol. The highest BCUT2D eigenvalue weighted by atomic mass is 16.6. The lowest BCUT2D eigenvalue weighted by Gasteiger charge is -2.22. The molecule has 1 heterocycles. The van der Waals surface area contributed by atoms with Crippen LogP contribution < -0.4 is 20.1 Å². The van der Waals surface area contributed by atoms with Crippen molar-refractivity contribution in [3.05, 3.63) is 18.2 Å². The van der Waals surface area contributed by atoms with E-state index in [-0.39, 0.29) is 5.91 Å². The van der Waals surface area contributed by atoms with Gasteiger partial charge in [-0.25, -0.2) is 0 Å². The molecule has 22 heavy (non-hydrogen) atoms. The van der Waals surface area contributed by atoms with Crippen LogP contribution in [0.5, 0.6) is 11.5 Å². The van der Waals surface area contributed by atoms with Gasteiger partial charge in [-0.2, -0.15) is 0 Å². The number of anilines is 1. The summed E-state index contributed by atoms with van der Waals surface area (Å²) in [4.78, 5) is 12.0. The molecule has 0 radical (unpaired) electrons. The fourth-order valence-electron chi connectivity index (χ4n) is 3.04. The minimum atomic E-state index is 0.0278. The molecule has 1 aromatic rings. The second-order valence-electron chi connectivity index (χ2n) is 5.95. The minimum Gasteiger partial charge on any atom is -0.486 e. The standard InChI is InChI=1S/C17H24N2O3/c20-17(8-9-18-13-4-2-1-3-5-13)19-14-6-7-15-16(12-14)22-11-10-21-15/h6-7,12-13,18H,1-5,8-11H2,(H,19,20). The van der Waals surface area contributed by atoms with Gasteiger partial charge >= 0.3 is 0 Å². The summed E-state index contributed by atoms with van der Waals surface area (Å²) in [6.07, 6.45) is 6.93. The Balaban J connectivity index is 1.43. The van der Waals surface area contributed by atoms with Gasteiger partial charge in [0.15, 0.2) is 11.5 Å². The molecule has 1 saturated carbocycles. The molecule has 1 aliphatic carbocycles. The molecule has 5 heteroatoms. The van der Waals surface area contributed by atoms with Gasteiger partial charge in [-0.3, -0.25) is 4.79 Å². The average molecular weight is 304 g/mol. The van der Waals surface area contributed by atoms with Crippen molar-refractivity contribution in [1.29, 1.82) is 0 Å². The van der Waals surface area contributed by atoms with Crippen LogP contribution in [0.4, 0.5) is 5.69 Å². The van der Waals surface area contributed by atoms with Crippen LogP contribution in [-0.2, 0) is 4.79 Å². The van der Waals surface area contributed by atoms with E-state index in [2.05, 4.69) is 10.6 Å². The Morgan fingerprint density at radius 3 is 2.68 bits per heavy atom. The molecule has 2 N–H and O–H groups in total. The Labute approximate surface area is 131 Å². The number of fused-ring (bicyclic) bond motifs is 1. The van der Waals surface area contributed by atoms with Gasteiger partial charge in [0, 0.05) is 30.8 Å². The molecule has 5 nitrogen and oxygen atoms in total. The van der Waals surface area contributed by atoms with Crippen molar-refractivity contribution in [3.8, 4) is 11.5 Å². The zero-order valence-corrected chi connectivity index (χ0v) is 12.9. The van der Waals surface area contributed by atoms with Crippen molar-refractivity contribution in [3.63, 3.8) is 0 Å². The van der Waals surface area contributed by atoms with Gasteiger partial charge in [-0.05, 0) is 25.0 Å². The third-order valence-corrected chi connectivity index (χ3v) is 4.22. The predicted octanol–water partition coefficient (Wildman–Crippen LogP) is 2.71. The molecular formula is C17H24N2O3. The van der Waals surface area contributed by atoms with E-state index in [0.717, 1.165) is 18.0 Å². The first-order valence-corrected chi connectivity index (χ1v) is 8.24. The Morgan fingerprint density at radius 2 is 1.86 bits per heavy atom. The van der Waals surface area contributed by atoms with Crippen molar-refractivity contribution in [2.45, 2.75) is 44.6 Å². The second kappa shape index (κ2) is 7.49. The third kappa shape index (κ3) is 4.13. The zero-order chi connectivity index (χ0) is 15.2. The Bertz CT molecular complexity index is 513. The summed E-state index contributed by atoms with van der Waals surface area (Å²) in [5.74, 6) is 1.47. The number of amides is 1. The van der Waals surface area contributed by atoms with Gasteiger partial charge in [0.2, 0.25) is 5.91 Å². The first-order chi connectivity index (χ1) is 10.8. The topological polar surface area (TPSA) is 59.6 Å². The van der Waals surface area contributed by atoms with E-state index < -0.39 is 0 Å². The van der Waals surface area contributed by atoms with Gasteiger partial charge in [0.25, 0.3) is 0 Å². The van der Waals surface area contributed by atoms with Crippen LogP contribution in [0.1, 0.15) is 38.5 Å². The summed E-state index contributed by atoms with van der Waals surface area (Å²) < 4.78 is 11.0. The van der Waals surface area contributed by atoms with Crippen molar-refractivity contribution in [1.82, 2.24) is 5.32 Å². The van der Waals surface area contributed by atoms with E-state index >= 15 is 0 Å². The van der Waals surface area contributed by atoms with Crippen LogP contribution in [0.2, 0.25) is 0 Å². The molecule has 0 atom stereocenters. The summed E-state index contributed by atoms with van der Waals surface area (Å²) in [6, 6.07) is 6.10. The maximum absolute atomic E-state index is 12.0. The number of ether oxygens (including phenoxy) is 2. The lowest BCUT2D eigenvalue weighted by Crippen LogP contribution is -2.33. The molecule has 1 aromatic carbocycles. The summed E-state index contributed by atoms with van der Waals surface area (Å²) in [5.41, 5.74) is 0.756. The van der Waals surface area contributed by atoms with Gasteiger partial charge in [-0.1, -0.05) is 19.3 Å². The highest BCUT2D eigenvalue weighted by Gasteiger charge is 2.14. The van der Waals surface area contributed by atoms with Crippen LogP contribution in [-0.4, -0.2) is 31.7 Å². The summed E-state index contributed by atoms with van der Waals surface area (Å²) >= 11 is 0. The van der Waals surface area contributed by atoms with Gasteiger partial charge in [-0.15, -0.1) is 0 Å². The quantitative estimate of drug-likeness (QED) is 0.878. The number of hydrogen-bond acceptors (Lipinski definition) is 4. The molecular weight excluding hydrogens is 280 g/mol. The minimum absolute atomic E-state index is 0.0278. The number of rotatable bonds is 5. The smallest absolute Gasteiger partial charge is 0.225 e. The lowest BCUT2D eigenvalue weighted by molar-refractivity contribution is -0.116. The van der Waals surface area contributed by atoms with E-state index in [1.807, 2.05) is 18.2 Å². The summed E-state index contributed by atoms with van der Waals surface area (Å²) in [6.45, 7) is 1.86. The SMILES string of the molecule is O=C(CCNC1CCCCC1)Nc1ccc2c(c1)OCCO2. The van der Waals surface area contributed by atoms with Crippen LogP contribution >= 0.6 is 0 Å². The molecule has 120 valence electrons. The Hall–Kier alpha value is -1.75. The van der Waals surface area contributed by atoms with Crippen molar-refractivity contribution >= 4 is 11.6 Å². The van der Waals surface area contributed by atoms with E-state index in [1.165, 1.54) is 32.1 Å². The Kier molecular flexibility index (Phi) is 5.16. The summed E-state index contributed by atoms with van der Waals surface area (Å²) in [5, 5.41) is 6.40. The van der Waals surface area contributed by atoms with Crippen molar-refractivity contribution < 1.29 is 14.3 Å². The normalized spacial score (nSPS) is 18.0. The molecule has 3 rings (SSSR count). The van der Waals surface area contributed by atoms with Crippen LogP contribution in [0.15, 0.2) is 18.2 Å². The van der Waals surface area contributed by atoms with E-state index in [0.29, 0.717) is 31.4 Å². The molecule has 1 amide bonds. The zero-order valence-electron chi connectivity index (χ0n) is 12.9. The van der Waals surface area contributed by atoms with E-state index in [9.17, 15) is 4.79 Å². The van der Waals surface area contributed by atoms with Crippen LogP contribution in [0.25, 0.3) is 0 Å². The first-order valence-electron chi connectivity index (χ1n) is 8.24. The van der Waals surface area contributed by atoms with Crippen molar-refractivity contribution in [2.75, 3.05) is 25.1 Å². The molecule has 0 aromatic heterocycles. The van der Waals surface area contributed by atoms with Gasteiger partial charge < -0.3 is 20.1 Å². The highest BCUT2D eigenvalue weighted by molar-refractivity contribution is 5.91. The largest absolute Gasteiger partial charge is 0.486 e. The summed E-state index contributed by atoms with van der Waals surface area (Å²) in [7, 11) is 0. The average Bonchev–Trinajstić information content (AvgIpc) is 2.56. The van der Waals surface area contributed by atoms with E-state index in [1.54, 1.807) is 0 Å². The highest BCUT2D eigenvalue weighted by Crippen LogP contribution is 2.32. The molecule has 0 bridgehead atoms. The molecule has 2 aliphatic rings. The fraction of sp³-hybridized carbons (Fsp3) is 0.588. The number of nitrogens with one attached hydrogen (secondary N) is 2. The Morgan fingerprint density at radius 1 is 1.09 bits per heavy atom. The predicted molar refractivity (Wildman–Crippen MR) is 85.6 cm³/mol. The van der Waals surface area contributed by atoms with E-state index in [4.69, 9.17) is 9.47 Å². The number of carbonyl (C=O) groups excluding carboxylic acids is 1. The second-order valence-corrected chi connectivity index (χ2v) is 5.95. The van der Waals surface area contributed by atoms with Gasteiger partial charge in [0.1, 0.15) is 13.2 Å². The maximum atomic E-state index is 12.0. The molecule has 0 saturated heterocycles. The van der Waals surface area contributed by atoms with Crippen LogP contribution in [0.3, 0.4) is 0 Å². The number of benzene rings is 1.